The Morgan fingerprint density at radius 1 is 1.12 bits per heavy atom. The summed E-state index contributed by atoms with van der Waals surface area (Å²) in [6, 6.07) is 13.1. The molecule has 0 fully saturated rings. The summed E-state index contributed by atoms with van der Waals surface area (Å²) in [7, 11) is 3.19. The van der Waals surface area contributed by atoms with E-state index in [9.17, 15) is 9.90 Å². The molecular formula is C19H21NO4. The molecule has 5 heteroatoms. The summed E-state index contributed by atoms with van der Waals surface area (Å²) in [5.74, 6) is 1.16. The number of nitrogens with one attached hydrogen (secondary N) is 1. The van der Waals surface area contributed by atoms with E-state index >= 15 is 0 Å². The number of hydrogen-bond acceptors (Lipinski definition) is 4. The molecule has 5 nitrogen and oxygen atoms in total. The molecule has 1 unspecified atom stereocenters. The minimum absolute atomic E-state index is 0.0353. The zero-order chi connectivity index (χ0) is 17.1. The van der Waals surface area contributed by atoms with Crippen LogP contribution in [0.3, 0.4) is 0 Å². The molecule has 0 aliphatic carbocycles. The highest BCUT2D eigenvalue weighted by Crippen LogP contribution is 2.41. The lowest BCUT2D eigenvalue weighted by Gasteiger charge is -2.25. The number of carbonyl (C=O) groups excluding carboxylic acids is 1. The van der Waals surface area contributed by atoms with Crippen LogP contribution in [0.15, 0.2) is 42.5 Å². The van der Waals surface area contributed by atoms with Gasteiger partial charge in [0.15, 0.2) is 11.5 Å². The van der Waals surface area contributed by atoms with Gasteiger partial charge in [0.05, 0.1) is 20.3 Å². The van der Waals surface area contributed by atoms with Crippen LogP contribution < -0.4 is 14.8 Å². The van der Waals surface area contributed by atoms with Crippen molar-refractivity contribution in [1.29, 1.82) is 0 Å². The average molecular weight is 327 g/mol. The molecular weight excluding hydrogens is 306 g/mol. The Morgan fingerprint density at radius 2 is 1.88 bits per heavy atom. The number of fused-ring (bicyclic) bond motifs is 1. The molecule has 0 radical (unpaired) electrons. The van der Waals surface area contributed by atoms with Gasteiger partial charge in [-0.15, -0.1) is 0 Å². The predicted octanol–water partition coefficient (Wildman–Crippen LogP) is 2.65. The summed E-state index contributed by atoms with van der Waals surface area (Å²) < 4.78 is 10.7. The van der Waals surface area contributed by atoms with E-state index in [-0.39, 0.29) is 24.5 Å². The second-order valence-corrected chi connectivity index (χ2v) is 5.77. The van der Waals surface area contributed by atoms with E-state index in [2.05, 4.69) is 5.32 Å². The maximum Gasteiger partial charge on any atom is 0.252 e. The van der Waals surface area contributed by atoms with Gasteiger partial charge in [0, 0.05) is 18.1 Å². The molecule has 0 aromatic heterocycles. The van der Waals surface area contributed by atoms with Crippen LogP contribution in [0.1, 0.15) is 39.9 Å². The first-order valence-electron chi connectivity index (χ1n) is 7.92. The zero-order valence-corrected chi connectivity index (χ0v) is 13.8. The molecule has 1 aliphatic heterocycles. The number of amides is 1. The average Bonchev–Trinajstić information content (AvgIpc) is 2.96. The molecule has 0 saturated heterocycles. The van der Waals surface area contributed by atoms with Crippen LogP contribution >= 0.6 is 0 Å². The molecule has 1 aliphatic rings. The summed E-state index contributed by atoms with van der Waals surface area (Å²) in [5, 5.41) is 12.6. The van der Waals surface area contributed by atoms with E-state index < -0.39 is 0 Å². The number of methoxy groups -OCH3 is 2. The van der Waals surface area contributed by atoms with Crippen molar-refractivity contribution in [3.63, 3.8) is 0 Å². The Labute approximate surface area is 141 Å². The minimum atomic E-state index is -0.168. The van der Waals surface area contributed by atoms with Gasteiger partial charge in [0.2, 0.25) is 0 Å². The van der Waals surface area contributed by atoms with Gasteiger partial charge in [0.25, 0.3) is 5.91 Å². The van der Waals surface area contributed by atoms with Crippen molar-refractivity contribution in [2.75, 3.05) is 20.8 Å². The van der Waals surface area contributed by atoms with Crippen molar-refractivity contribution in [3.05, 3.63) is 59.2 Å². The van der Waals surface area contributed by atoms with Gasteiger partial charge >= 0.3 is 0 Å². The molecule has 1 amide bonds. The summed E-state index contributed by atoms with van der Waals surface area (Å²) >= 11 is 0. The maximum atomic E-state index is 12.2. The van der Waals surface area contributed by atoms with Crippen molar-refractivity contribution >= 4 is 5.91 Å². The van der Waals surface area contributed by atoms with E-state index in [0.29, 0.717) is 23.5 Å². The highest BCUT2D eigenvalue weighted by atomic mass is 16.5. The normalized spacial score (nSPS) is 17.1. The topological polar surface area (TPSA) is 67.8 Å². The zero-order valence-electron chi connectivity index (χ0n) is 13.8. The van der Waals surface area contributed by atoms with Gasteiger partial charge in [-0.2, -0.15) is 0 Å². The molecule has 2 atom stereocenters. The lowest BCUT2D eigenvalue weighted by molar-refractivity contribution is 0.0949. The Morgan fingerprint density at radius 3 is 2.58 bits per heavy atom. The fraction of sp³-hybridized carbons (Fsp3) is 0.316. The van der Waals surface area contributed by atoms with Crippen molar-refractivity contribution in [2.24, 2.45) is 0 Å². The van der Waals surface area contributed by atoms with Crippen LogP contribution in [0.25, 0.3) is 0 Å². The van der Waals surface area contributed by atoms with E-state index in [4.69, 9.17) is 9.47 Å². The lowest BCUT2D eigenvalue weighted by atomic mass is 9.85. The monoisotopic (exact) mass is 327 g/mol. The van der Waals surface area contributed by atoms with E-state index in [1.54, 1.807) is 14.2 Å². The Hall–Kier alpha value is -2.53. The maximum absolute atomic E-state index is 12.2. The Bertz CT molecular complexity index is 744. The number of carbonyl (C=O) groups is 1. The third-order valence-corrected chi connectivity index (χ3v) is 4.51. The minimum Gasteiger partial charge on any atom is -0.493 e. The van der Waals surface area contributed by atoms with Crippen LogP contribution in [0, 0.1) is 0 Å². The first kappa shape index (κ1) is 16.3. The van der Waals surface area contributed by atoms with E-state index in [1.807, 2.05) is 42.5 Å². The smallest absolute Gasteiger partial charge is 0.252 e. The highest BCUT2D eigenvalue weighted by molar-refractivity contribution is 5.99. The summed E-state index contributed by atoms with van der Waals surface area (Å²) in [6.45, 7) is 0.0353. The fourth-order valence-corrected chi connectivity index (χ4v) is 3.34. The summed E-state index contributed by atoms with van der Waals surface area (Å²) in [6.07, 6.45) is 0.536. The number of hydrogen-bond donors (Lipinski definition) is 2. The predicted molar refractivity (Wildman–Crippen MR) is 90.6 cm³/mol. The standard InChI is InChI=1S/C19H21NO4/c1-23-16-8-7-12(11-17(16)24-2)13(9-10-21)18-14-5-3-4-6-15(14)19(22)20-18/h3-8,11,13,18,21H,9-10H2,1-2H3,(H,20,22)/t13?,18-/m1/s1. The largest absolute Gasteiger partial charge is 0.493 e. The van der Waals surface area contributed by atoms with Gasteiger partial charge in [-0.3, -0.25) is 4.79 Å². The molecule has 2 N–H and O–H groups in total. The molecule has 3 rings (SSSR count). The van der Waals surface area contributed by atoms with Crippen LogP contribution in [0.4, 0.5) is 0 Å². The van der Waals surface area contributed by atoms with Crippen LogP contribution in [-0.2, 0) is 0 Å². The van der Waals surface area contributed by atoms with Gasteiger partial charge in [0.1, 0.15) is 0 Å². The van der Waals surface area contributed by atoms with Crippen LogP contribution in [0.5, 0.6) is 11.5 Å². The van der Waals surface area contributed by atoms with Gasteiger partial charge in [-0.05, 0) is 35.7 Å². The van der Waals surface area contributed by atoms with E-state index in [0.717, 1.165) is 11.1 Å². The molecule has 126 valence electrons. The first-order valence-corrected chi connectivity index (χ1v) is 7.92. The highest BCUT2D eigenvalue weighted by Gasteiger charge is 2.34. The Kier molecular flexibility index (Phi) is 4.71. The van der Waals surface area contributed by atoms with Crippen molar-refractivity contribution in [1.82, 2.24) is 5.32 Å². The summed E-state index contributed by atoms with van der Waals surface area (Å²) in [4.78, 5) is 12.2. The fourth-order valence-electron chi connectivity index (χ4n) is 3.34. The third kappa shape index (κ3) is 2.83. The molecule has 0 bridgehead atoms. The number of ether oxygens (including phenoxy) is 2. The quantitative estimate of drug-likeness (QED) is 0.856. The second kappa shape index (κ2) is 6.93. The lowest BCUT2D eigenvalue weighted by Crippen LogP contribution is -2.25. The van der Waals surface area contributed by atoms with Crippen LogP contribution in [-0.4, -0.2) is 31.8 Å². The molecule has 2 aromatic carbocycles. The van der Waals surface area contributed by atoms with Crippen molar-refractivity contribution in [2.45, 2.75) is 18.4 Å². The SMILES string of the molecule is COc1ccc(C(CCO)[C@H]2NC(=O)c3ccccc32)cc1OC. The number of aliphatic hydroxyl groups excluding tert-OH is 1. The van der Waals surface area contributed by atoms with Gasteiger partial charge < -0.3 is 19.9 Å². The number of rotatable bonds is 6. The van der Waals surface area contributed by atoms with E-state index in [1.165, 1.54) is 0 Å². The van der Waals surface area contributed by atoms with Crippen LogP contribution in [0.2, 0.25) is 0 Å². The van der Waals surface area contributed by atoms with Gasteiger partial charge in [-0.25, -0.2) is 0 Å². The first-order chi connectivity index (χ1) is 11.7. The third-order valence-electron chi connectivity index (χ3n) is 4.51. The van der Waals surface area contributed by atoms with Gasteiger partial charge in [-0.1, -0.05) is 24.3 Å². The number of benzene rings is 2. The molecule has 0 saturated carbocycles. The molecule has 1 heterocycles. The molecule has 2 aromatic rings. The van der Waals surface area contributed by atoms with Crippen molar-refractivity contribution < 1.29 is 19.4 Å². The molecule has 24 heavy (non-hydrogen) atoms. The summed E-state index contributed by atoms with van der Waals surface area (Å²) in [5.41, 5.74) is 2.66. The molecule has 0 spiro atoms. The number of aliphatic hydroxyl groups is 1. The second-order valence-electron chi connectivity index (χ2n) is 5.77. The van der Waals surface area contributed by atoms with Crippen molar-refractivity contribution in [3.8, 4) is 11.5 Å². The Balaban J connectivity index is 2.01.